The van der Waals surface area contributed by atoms with E-state index in [1.165, 1.54) is 23.6 Å². The maximum Gasteiger partial charge on any atom is 0.450 e. The van der Waals surface area contributed by atoms with E-state index in [1.54, 1.807) is 37.1 Å². The fourth-order valence-corrected chi connectivity index (χ4v) is 5.64. The molecule has 1 atom stereocenters. The van der Waals surface area contributed by atoms with Crippen LogP contribution >= 0.6 is 11.3 Å². The SMILES string of the molecule is COc1cc(OCC2CCCN(c3ccc(CC(=O)C(F)(F)F)nc3)C2)c2cc(-c3cn4nc(OC)sc4n3)oc2c1. The van der Waals surface area contributed by atoms with Crippen LogP contribution in [0.5, 0.6) is 16.7 Å². The maximum absolute atomic E-state index is 12.6. The summed E-state index contributed by atoms with van der Waals surface area (Å²) in [6.07, 6.45) is -0.469. The fourth-order valence-electron chi connectivity index (χ4n) is 4.95. The van der Waals surface area contributed by atoms with Crippen LogP contribution in [0.2, 0.25) is 0 Å². The summed E-state index contributed by atoms with van der Waals surface area (Å²) in [5.74, 6) is 0.167. The predicted molar refractivity (Wildman–Crippen MR) is 149 cm³/mol. The van der Waals surface area contributed by atoms with E-state index >= 15 is 0 Å². The van der Waals surface area contributed by atoms with Crippen molar-refractivity contribution in [3.05, 3.63) is 48.4 Å². The number of hydrogen-bond donors (Lipinski definition) is 0. The molecule has 0 amide bonds. The summed E-state index contributed by atoms with van der Waals surface area (Å²) in [6.45, 7) is 1.92. The van der Waals surface area contributed by atoms with Crippen LogP contribution in [-0.2, 0) is 11.2 Å². The number of halogens is 3. The monoisotopic (exact) mass is 601 g/mol. The Kier molecular flexibility index (Phi) is 7.39. The summed E-state index contributed by atoms with van der Waals surface area (Å²) in [4.78, 5) is 22.8. The molecule has 1 aliphatic rings. The smallest absolute Gasteiger partial charge is 0.450 e. The molecule has 0 bridgehead atoms. The molecule has 0 saturated carbocycles. The molecule has 6 rings (SSSR count). The van der Waals surface area contributed by atoms with E-state index in [-0.39, 0.29) is 11.6 Å². The van der Waals surface area contributed by atoms with Crippen molar-refractivity contribution in [3.8, 4) is 28.1 Å². The van der Waals surface area contributed by atoms with Crippen LogP contribution in [0.3, 0.4) is 0 Å². The summed E-state index contributed by atoms with van der Waals surface area (Å²) in [5, 5.41) is 5.61. The number of furan rings is 1. The normalized spacial score (nSPS) is 15.8. The number of methoxy groups -OCH3 is 2. The van der Waals surface area contributed by atoms with E-state index in [1.807, 2.05) is 12.1 Å². The molecule has 5 heterocycles. The molecule has 0 N–H and O–H groups in total. The highest BCUT2D eigenvalue weighted by molar-refractivity contribution is 7.18. The number of aromatic nitrogens is 4. The number of ether oxygens (including phenoxy) is 3. The molecular formula is C28H26F3N5O5S. The quantitative estimate of drug-likeness (QED) is 0.214. The maximum atomic E-state index is 12.6. The lowest BCUT2D eigenvalue weighted by Crippen LogP contribution is -2.37. The number of piperidine rings is 1. The number of carbonyl (C=O) groups is 1. The van der Waals surface area contributed by atoms with E-state index in [4.69, 9.17) is 18.6 Å². The lowest BCUT2D eigenvalue weighted by Gasteiger charge is -2.34. The average molecular weight is 602 g/mol. The second kappa shape index (κ2) is 11.2. The number of fused-ring (bicyclic) bond motifs is 2. The molecule has 1 fully saturated rings. The fraction of sp³-hybridized carbons (Fsp3) is 0.357. The Morgan fingerprint density at radius 1 is 1.19 bits per heavy atom. The van der Waals surface area contributed by atoms with Crippen LogP contribution in [0.1, 0.15) is 18.5 Å². The first kappa shape index (κ1) is 27.8. The van der Waals surface area contributed by atoms with Crippen molar-refractivity contribution in [3.63, 3.8) is 0 Å². The van der Waals surface area contributed by atoms with Gasteiger partial charge in [0.1, 0.15) is 22.8 Å². The molecule has 1 saturated heterocycles. The van der Waals surface area contributed by atoms with Crippen LogP contribution in [0, 0.1) is 5.92 Å². The number of ketones is 1. The number of alkyl halides is 3. The summed E-state index contributed by atoms with van der Waals surface area (Å²) in [6, 6.07) is 8.69. The van der Waals surface area contributed by atoms with E-state index in [0.717, 1.165) is 30.5 Å². The zero-order valence-corrected chi connectivity index (χ0v) is 23.5. The zero-order chi connectivity index (χ0) is 29.4. The molecule has 10 nitrogen and oxygen atoms in total. The molecule has 0 radical (unpaired) electrons. The molecule has 5 aromatic rings. The highest BCUT2D eigenvalue weighted by atomic mass is 32.1. The Morgan fingerprint density at radius 2 is 2.05 bits per heavy atom. The van der Waals surface area contributed by atoms with Gasteiger partial charge in [0.05, 0.1) is 50.7 Å². The first-order chi connectivity index (χ1) is 20.2. The highest BCUT2D eigenvalue weighted by Gasteiger charge is 2.38. The zero-order valence-electron chi connectivity index (χ0n) is 22.7. The Balaban J connectivity index is 1.15. The lowest BCUT2D eigenvalue weighted by atomic mass is 9.98. The molecule has 220 valence electrons. The second-order valence-corrected chi connectivity index (χ2v) is 10.9. The summed E-state index contributed by atoms with van der Waals surface area (Å²) >= 11 is 1.32. The molecule has 42 heavy (non-hydrogen) atoms. The van der Waals surface area contributed by atoms with Crippen LogP contribution in [0.4, 0.5) is 18.9 Å². The third-order valence-electron chi connectivity index (χ3n) is 7.09. The third kappa shape index (κ3) is 5.71. The number of pyridine rings is 1. The molecule has 0 spiro atoms. The second-order valence-electron chi connectivity index (χ2n) is 9.94. The van der Waals surface area contributed by atoms with Crippen LogP contribution in [-0.4, -0.2) is 65.5 Å². The van der Waals surface area contributed by atoms with E-state index in [0.29, 0.717) is 51.8 Å². The number of anilines is 1. The van der Waals surface area contributed by atoms with Gasteiger partial charge in [-0.05, 0) is 42.4 Å². The first-order valence-corrected chi connectivity index (χ1v) is 14.0. The summed E-state index contributed by atoms with van der Waals surface area (Å²) in [5.41, 5.74) is 2.11. The van der Waals surface area contributed by atoms with Gasteiger partial charge < -0.3 is 23.5 Å². The van der Waals surface area contributed by atoms with Crippen molar-refractivity contribution >= 4 is 38.7 Å². The van der Waals surface area contributed by atoms with Crippen molar-refractivity contribution in [2.45, 2.75) is 25.4 Å². The number of Topliss-reactive ketones (excluding diaryl/α,β-unsaturated/α-hetero) is 1. The topological polar surface area (TPSA) is 104 Å². The molecule has 1 aliphatic heterocycles. The van der Waals surface area contributed by atoms with Gasteiger partial charge in [-0.2, -0.15) is 13.2 Å². The van der Waals surface area contributed by atoms with Crippen LogP contribution in [0.15, 0.2) is 47.1 Å². The largest absolute Gasteiger partial charge is 0.496 e. The number of imidazole rings is 1. The molecule has 0 aliphatic carbocycles. The standard InChI is InChI=1S/C28H26F3N5O5S/c1-38-19-9-22(20-11-24(41-23(20)10-19)21-14-36-26(33-21)42-27(34-36)39-2)40-15-16-4-3-7-35(13-16)18-6-5-17(32-12-18)8-25(37)28(29,30)31/h5-6,9-12,14,16H,3-4,7-8,13,15H2,1-2H3. The number of carbonyl (C=O) groups excluding carboxylic acids is 1. The minimum absolute atomic E-state index is 0.0888. The van der Waals surface area contributed by atoms with Crippen LogP contribution < -0.4 is 19.1 Å². The molecular weight excluding hydrogens is 575 g/mol. The first-order valence-electron chi connectivity index (χ1n) is 13.1. The number of rotatable bonds is 9. The van der Waals surface area contributed by atoms with E-state index in [2.05, 4.69) is 20.0 Å². The van der Waals surface area contributed by atoms with Gasteiger partial charge in [0.15, 0.2) is 5.76 Å². The van der Waals surface area contributed by atoms with Gasteiger partial charge in [-0.1, -0.05) is 0 Å². The Labute approximate surface area is 241 Å². The van der Waals surface area contributed by atoms with Crippen molar-refractivity contribution in [1.82, 2.24) is 19.6 Å². The number of benzene rings is 1. The molecule has 1 aromatic carbocycles. The van der Waals surface area contributed by atoms with Crippen molar-refractivity contribution in [1.29, 1.82) is 0 Å². The van der Waals surface area contributed by atoms with Gasteiger partial charge in [0, 0.05) is 36.8 Å². The average Bonchev–Trinajstić information content (AvgIpc) is 3.69. The summed E-state index contributed by atoms with van der Waals surface area (Å²) < 4.78 is 62.5. The third-order valence-corrected chi connectivity index (χ3v) is 7.97. The number of hydrogen-bond acceptors (Lipinski definition) is 10. The van der Waals surface area contributed by atoms with Gasteiger partial charge in [-0.15, -0.1) is 5.10 Å². The van der Waals surface area contributed by atoms with Gasteiger partial charge >= 0.3 is 6.18 Å². The molecule has 1 unspecified atom stereocenters. The highest BCUT2D eigenvalue weighted by Crippen LogP contribution is 2.38. The Bertz CT molecular complexity index is 1700. The van der Waals surface area contributed by atoms with Gasteiger partial charge in [-0.3, -0.25) is 9.78 Å². The predicted octanol–water partition coefficient (Wildman–Crippen LogP) is 5.59. The summed E-state index contributed by atoms with van der Waals surface area (Å²) in [7, 11) is 3.14. The molecule has 4 aromatic heterocycles. The van der Waals surface area contributed by atoms with Gasteiger partial charge in [0.25, 0.3) is 5.19 Å². The van der Waals surface area contributed by atoms with Gasteiger partial charge in [0.2, 0.25) is 10.7 Å². The Morgan fingerprint density at radius 3 is 2.76 bits per heavy atom. The van der Waals surface area contributed by atoms with Crippen molar-refractivity contribution in [2.75, 3.05) is 38.8 Å². The van der Waals surface area contributed by atoms with E-state index in [9.17, 15) is 18.0 Å². The lowest BCUT2D eigenvalue weighted by molar-refractivity contribution is -0.170. The van der Waals surface area contributed by atoms with Crippen molar-refractivity contribution in [2.24, 2.45) is 5.92 Å². The minimum atomic E-state index is -4.87. The number of nitrogens with zero attached hydrogens (tertiary/aromatic N) is 5. The minimum Gasteiger partial charge on any atom is -0.496 e. The van der Waals surface area contributed by atoms with Crippen molar-refractivity contribution < 1.29 is 36.6 Å². The van der Waals surface area contributed by atoms with Crippen LogP contribution in [0.25, 0.3) is 27.4 Å². The van der Waals surface area contributed by atoms with Gasteiger partial charge in [-0.25, -0.2) is 9.50 Å². The van der Waals surface area contributed by atoms with E-state index < -0.39 is 18.4 Å². The Hall–Kier alpha value is -4.33. The molecule has 14 heteroatoms.